The lowest BCUT2D eigenvalue weighted by molar-refractivity contribution is 0.415. The molecule has 0 amide bonds. The van der Waals surface area contributed by atoms with Gasteiger partial charge in [0.1, 0.15) is 5.75 Å². The van der Waals surface area contributed by atoms with E-state index < -0.39 is 0 Å². The van der Waals surface area contributed by atoms with Gasteiger partial charge in [0.05, 0.1) is 7.11 Å². The van der Waals surface area contributed by atoms with Crippen LogP contribution in [-0.2, 0) is 0 Å². The van der Waals surface area contributed by atoms with Crippen LogP contribution in [0.15, 0.2) is 53.0 Å². The van der Waals surface area contributed by atoms with Gasteiger partial charge in [0.2, 0.25) is 0 Å². The summed E-state index contributed by atoms with van der Waals surface area (Å²) >= 11 is 3.41. The smallest absolute Gasteiger partial charge is 0.118 e. The Morgan fingerprint density at radius 3 is 2.21 bits per heavy atom. The average molecular weight is 311 g/mol. The molecule has 92 valence electrons. The first-order valence-electron chi connectivity index (χ1n) is 5.69. The highest BCUT2D eigenvalue weighted by Gasteiger charge is 1.89. The largest absolute Gasteiger partial charge is 0.497 e. The number of benzene rings is 2. The summed E-state index contributed by atoms with van der Waals surface area (Å²) in [5, 5.41) is 0. The maximum Gasteiger partial charge on any atom is 0.118 e. The molecule has 0 N–H and O–H groups in total. The molecule has 1 nitrogen and oxygen atoms in total. The topological polar surface area (TPSA) is 9.23 Å². The van der Waals surface area contributed by atoms with E-state index in [-0.39, 0.29) is 0 Å². The molecular formula is C17H11BrO. The quantitative estimate of drug-likeness (QED) is 0.727. The number of halogens is 1. The van der Waals surface area contributed by atoms with Crippen LogP contribution >= 0.6 is 15.9 Å². The predicted octanol–water partition coefficient (Wildman–Crippen LogP) is 3.86. The molecule has 0 atom stereocenters. The van der Waals surface area contributed by atoms with Crippen molar-refractivity contribution in [2.75, 3.05) is 7.11 Å². The number of methoxy groups -OCH3 is 1. The van der Waals surface area contributed by atoms with E-state index in [0.717, 1.165) is 21.3 Å². The molecule has 0 heterocycles. The van der Waals surface area contributed by atoms with E-state index in [9.17, 15) is 0 Å². The highest BCUT2D eigenvalue weighted by atomic mass is 79.9. The summed E-state index contributed by atoms with van der Waals surface area (Å²) in [6.07, 6.45) is 0. The van der Waals surface area contributed by atoms with Gasteiger partial charge in [0.25, 0.3) is 0 Å². The van der Waals surface area contributed by atoms with Gasteiger partial charge in [-0.2, -0.15) is 0 Å². The van der Waals surface area contributed by atoms with E-state index >= 15 is 0 Å². The first-order chi connectivity index (χ1) is 9.28. The molecule has 2 aromatic rings. The van der Waals surface area contributed by atoms with Crippen LogP contribution in [0.2, 0.25) is 0 Å². The molecule has 0 spiro atoms. The summed E-state index contributed by atoms with van der Waals surface area (Å²) in [7, 11) is 1.64. The van der Waals surface area contributed by atoms with Gasteiger partial charge >= 0.3 is 0 Å². The summed E-state index contributed by atoms with van der Waals surface area (Å²) in [6.45, 7) is 0. The Balaban J connectivity index is 2.09. The molecule has 0 saturated heterocycles. The number of hydrogen-bond acceptors (Lipinski definition) is 1. The zero-order chi connectivity index (χ0) is 13.5. The lowest BCUT2D eigenvalue weighted by Crippen LogP contribution is -1.81. The van der Waals surface area contributed by atoms with E-state index in [1.807, 2.05) is 48.5 Å². The zero-order valence-corrected chi connectivity index (χ0v) is 12.0. The summed E-state index contributed by atoms with van der Waals surface area (Å²) in [5.74, 6) is 12.5. The Morgan fingerprint density at radius 1 is 0.895 bits per heavy atom. The van der Waals surface area contributed by atoms with E-state index in [1.54, 1.807) is 7.11 Å². The van der Waals surface area contributed by atoms with Gasteiger partial charge < -0.3 is 4.74 Å². The summed E-state index contributed by atoms with van der Waals surface area (Å²) in [4.78, 5) is 0. The summed E-state index contributed by atoms with van der Waals surface area (Å²) in [6, 6.07) is 15.4. The van der Waals surface area contributed by atoms with Crippen LogP contribution in [0, 0.1) is 23.7 Å². The molecule has 0 aliphatic rings. The van der Waals surface area contributed by atoms with Crippen LogP contribution in [0.3, 0.4) is 0 Å². The summed E-state index contributed by atoms with van der Waals surface area (Å²) < 4.78 is 6.10. The first-order valence-corrected chi connectivity index (χ1v) is 6.49. The van der Waals surface area contributed by atoms with Crippen molar-refractivity contribution in [3.63, 3.8) is 0 Å². The van der Waals surface area contributed by atoms with E-state index in [1.165, 1.54) is 0 Å². The van der Waals surface area contributed by atoms with Gasteiger partial charge in [-0.15, -0.1) is 0 Å². The van der Waals surface area contributed by atoms with E-state index in [0.29, 0.717) is 0 Å². The molecule has 0 aromatic heterocycles. The monoisotopic (exact) mass is 310 g/mol. The minimum Gasteiger partial charge on any atom is -0.497 e. The Morgan fingerprint density at radius 2 is 1.58 bits per heavy atom. The maximum absolute atomic E-state index is 5.08. The van der Waals surface area contributed by atoms with Crippen LogP contribution in [0.25, 0.3) is 0 Å². The second-order valence-electron chi connectivity index (χ2n) is 3.74. The number of hydrogen-bond donors (Lipinski definition) is 0. The molecule has 0 radical (unpaired) electrons. The van der Waals surface area contributed by atoms with Crippen molar-refractivity contribution in [1.29, 1.82) is 0 Å². The highest BCUT2D eigenvalue weighted by Crippen LogP contribution is 2.11. The van der Waals surface area contributed by atoms with Gasteiger partial charge in [-0.3, -0.25) is 0 Å². The second-order valence-corrected chi connectivity index (χ2v) is 4.65. The fourth-order valence-electron chi connectivity index (χ4n) is 1.45. The van der Waals surface area contributed by atoms with Gasteiger partial charge in [0.15, 0.2) is 0 Å². The molecular weight excluding hydrogens is 300 g/mol. The Labute approximate surface area is 121 Å². The molecule has 2 aromatic carbocycles. The normalized spacial score (nSPS) is 8.74. The van der Waals surface area contributed by atoms with Crippen molar-refractivity contribution in [2.45, 2.75) is 0 Å². The third-order valence-corrected chi connectivity index (χ3v) is 2.88. The van der Waals surface area contributed by atoms with Gasteiger partial charge in [-0.25, -0.2) is 0 Å². The van der Waals surface area contributed by atoms with Crippen LogP contribution in [0.4, 0.5) is 0 Å². The fraction of sp³-hybridized carbons (Fsp3) is 0.0588. The molecule has 0 fully saturated rings. The average Bonchev–Trinajstić information content (AvgIpc) is 2.44. The minimum absolute atomic E-state index is 0.825. The zero-order valence-electron chi connectivity index (χ0n) is 10.4. The van der Waals surface area contributed by atoms with Gasteiger partial charge in [-0.05, 0) is 54.3 Å². The van der Waals surface area contributed by atoms with Crippen molar-refractivity contribution < 1.29 is 4.74 Å². The molecule has 0 unspecified atom stereocenters. The molecule has 0 bridgehead atoms. The molecule has 2 heteroatoms. The highest BCUT2D eigenvalue weighted by molar-refractivity contribution is 9.10. The van der Waals surface area contributed by atoms with Gasteiger partial charge in [0, 0.05) is 15.6 Å². The number of rotatable bonds is 1. The molecule has 0 aliphatic carbocycles. The molecule has 0 aliphatic heterocycles. The van der Waals surface area contributed by atoms with Crippen molar-refractivity contribution in [3.8, 4) is 29.4 Å². The van der Waals surface area contributed by atoms with Crippen molar-refractivity contribution in [1.82, 2.24) is 0 Å². The SMILES string of the molecule is COc1ccc(C#CC#Cc2cccc(Br)c2)cc1. The van der Waals surface area contributed by atoms with Crippen LogP contribution in [0.1, 0.15) is 11.1 Å². The molecule has 0 saturated carbocycles. The van der Waals surface area contributed by atoms with Crippen LogP contribution < -0.4 is 4.74 Å². The predicted molar refractivity (Wildman–Crippen MR) is 80.9 cm³/mol. The van der Waals surface area contributed by atoms with Crippen LogP contribution in [-0.4, -0.2) is 7.11 Å². The van der Waals surface area contributed by atoms with E-state index in [4.69, 9.17) is 4.74 Å². The maximum atomic E-state index is 5.08. The number of ether oxygens (including phenoxy) is 1. The second kappa shape index (κ2) is 6.69. The summed E-state index contributed by atoms with van der Waals surface area (Å²) in [5.41, 5.74) is 1.86. The fourth-order valence-corrected chi connectivity index (χ4v) is 1.85. The molecule has 2 rings (SSSR count). The third kappa shape index (κ3) is 4.21. The van der Waals surface area contributed by atoms with Crippen LogP contribution in [0.5, 0.6) is 5.75 Å². The van der Waals surface area contributed by atoms with Crippen molar-refractivity contribution >= 4 is 15.9 Å². The Bertz CT molecular complexity index is 679. The first kappa shape index (κ1) is 13.3. The van der Waals surface area contributed by atoms with Crippen molar-refractivity contribution in [3.05, 3.63) is 64.1 Å². The third-order valence-electron chi connectivity index (χ3n) is 2.39. The minimum atomic E-state index is 0.825. The lowest BCUT2D eigenvalue weighted by Gasteiger charge is -1.96. The standard InChI is InChI=1S/C17H11BrO/c1-19-17-11-9-14(10-12-17)5-2-3-6-15-7-4-8-16(18)13-15/h4,7-13H,1H3. The van der Waals surface area contributed by atoms with Crippen molar-refractivity contribution in [2.24, 2.45) is 0 Å². The van der Waals surface area contributed by atoms with Gasteiger partial charge in [-0.1, -0.05) is 33.8 Å². The Kier molecular flexibility index (Phi) is 4.67. The Hall–Kier alpha value is -2.16. The van der Waals surface area contributed by atoms with E-state index in [2.05, 4.69) is 39.6 Å². The molecule has 19 heavy (non-hydrogen) atoms. The lowest BCUT2D eigenvalue weighted by atomic mass is 10.2.